The fourth-order valence-electron chi connectivity index (χ4n) is 2.68. The first-order chi connectivity index (χ1) is 8.99. The third kappa shape index (κ3) is 3.26. The maximum atomic E-state index is 11.3. The van der Waals surface area contributed by atoms with E-state index in [1.165, 1.54) is 12.8 Å². The Morgan fingerprint density at radius 2 is 2.21 bits per heavy atom. The largest absolute Gasteiger partial charge is 0.478 e. The number of aromatic nitrogens is 1. The number of pyridine rings is 1. The van der Waals surface area contributed by atoms with Gasteiger partial charge in [-0.15, -0.1) is 0 Å². The van der Waals surface area contributed by atoms with E-state index in [-0.39, 0.29) is 5.56 Å². The Morgan fingerprint density at radius 1 is 1.47 bits per heavy atom. The van der Waals surface area contributed by atoms with Gasteiger partial charge in [-0.05, 0) is 40.3 Å². The van der Waals surface area contributed by atoms with Crippen molar-refractivity contribution in [3.63, 3.8) is 0 Å². The molecule has 1 aliphatic rings. The molecule has 1 aromatic heterocycles. The van der Waals surface area contributed by atoms with Crippen LogP contribution in [0, 0.1) is 11.8 Å². The van der Waals surface area contributed by atoms with Crippen molar-refractivity contribution in [1.29, 1.82) is 0 Å². The van der Waals surface area contributed by atoms with Gasteiger partial charge in [0.25, 0.3) is 0 Å². The lowest BCUT2D eigenvalue weighted by Gasteiger charge is -2.35. The highest BCUT2D eigenvalue weighted by atomic mass is 79.9. The zero-order chi connectivity index (χ0) is 14.0. The Labute approximate surface area is 121 Å². The summed E-state index contributed by atoms with van der Waals surface area (Å²) in [5.74, 6) is 0.713. The van der Waals surface area contributed by atoms with Crippen LogP contribution in [-0.4, -0.2) is 22.1 Å². The van der Waals surface area contributed by atoms with E-state index in [9.17, 15) is 9.90 Å². The number of carboxylic acid groups (broad SMARTS) is 1. The summed E-state index contributed by atoms with van der Waals surface area (Å²) in [5, 5.41) is 12.6. The summed E-state index contributed by atoms with van der Waals surface area (Å²) >= 11 is 3.26. The summed E-state index contributed by atoms with van der Waals surface area (Å²) in [6.07, 6.45) is 5.13. The molecule has 3 unspecified atom stereocenters. The van der Waals surface area contributed by atoms with Crippen molar-refractivity contribution in [2.45, 2.75) is 39.2 Å². The molecule has 1 heterocycles. The monoisotopic (exact) mass is 326 g/mol. The molecular weight excluding hydrogens is 308 g/mol. The average Bonchev–Trinajstić information content (AvgIpc) is 2.36. The number of carbonyl (C=O) groups is 1. The number of hydrogen-bond donors (Lipinski definition) is 2. The predicted molar refractivity (Wildman–Crippen MR) is 78.5 cm³/mol. The third-order valence-electron chi connectivity index (χ3n) is 4.11. The van der Waals surface area contributed by atoms with Gasteiger partial charge in [-0.2, -0.15) is 0 Å². The summed E-state index contributed by atoms with van der Waals surface area (Å²) in [6, 6.07) is 1.89. The Balaban J connectivity index is 2.21. The number of hydrogen-bond acceptors (Lipinski definition) is 3. The van der Waals surface area contributed by atoms with Gasteiger partial charge in [0.1, 0.15) is 11.4 Å². The van der Waals surface area contributed by atoms with Crippen LogP contribution in [0.3, 0.4) is 0 Å². The van der Waals surface area contributed by atoms with Crippen LogP contribution in [0.1, 0.15) is 43.5 Å². The molecule has 0 saturated heterocycles. The van der Waals surface area contributed by atoms with Gasteiger partial charge >= 0.3 is 5.97 Å². The maximum absolute atomic E-state index is 11.3. The lowest BCUT2D eigenvalue weighted by molar-refractivity contribution is 0.0697. The third-order valence-corrected chi connectivity index (χ3v) is 4.55. The van der Waals surface area contributed by atoms with Crippen molar-refractivity contribution in [3.05, 3.63) is 22.3 Å². The van der Waals surface area contributed by atoms with E-state index in [0.717, 1.165) is 6.42 Å². The first-order valence-corrected chi connectivity index (χ1v) is 7.43. The molecule has 0 aliphatic heterocycles. The number of nitrogens with one attached hydrogen (secondary N) is 1. The average molecular weight is 327 g/mol. The lowest BCUT2D eigenvalue weighted by Crippen LogP contribution is -2.35. The van der Waals surface area contributed by atoms with Crippen LogP contribution in [-0.2, 0) is 0 Å². The zero-order valence-corrected chi connectivity index (χ0v) is 12.8. The number of halogens is 1. The van der Waals surface area contributed by atoms with Gasteiger partial charge in [-0.3, -0.25) is 0 Å². The summed E-state index contributed by atoms with van der Waals surface area (Å²) in [7, 11) is 0. The van der Waals surface area contributed by atoms with Gasteiger partial charge in [-0.25, -0.2) is 9.78 Å². The Bertz CT molecular complexity index is 479. The SMILES string of the molecule is CC1CCCC(Nc2ncc(Br)cc2C(=O)O)C1C. The Morgan fingerprint density at radius 3 is 2.89 bits per heavy atom. The molecule has 2 N–H and O–H groups in total. The molecular formula is C14H19BrN2O2. The molecule has 19 heavy (non-hydrogen) atoms. The van der Waals surface area contributed by atoms with Gasteiger partial charge in [0.2, 0.25) is 0 Å². The predicted octanol–water partition coefficient (Wildman–Crippen LogP) is 3.78. The second kappa shape index (κ2) is 5.90. The van der Waals surface area contributed by atoms with E-state index in [2.05, 4.69) is 40.1 Å². The summed E-state index contributed by atoms with van der Waals surface area (Å²) in [4.78, 5) is 15.5. The summed E-state index contributed by atoms with van der Waals surface area (Å²) in [6.45, 7) is 4.48. The van der Waals surface area contributed by atoms with Crippen molar-refractivity contribution < 1.29 is 9.90 Å². The molecule has 1 aliphatic carbocycles. The molecule has 1 saturated carbocycles. The highest BCUT2D eigenvalue weighted by Gasteiger charge is 2.28. The second-order valence-electron chi connectivity index (χ2n) is 5.37. The van der Waals surface area contributed by atoms with Crippen LogP contribution in [0.5, 0.6) is 0 Å². The molecule has 0 radical (unpaired) electrons. The zero-order valence-electron chi connectivity index (χ0n) is 11.2. The van der Waals surface area contributed by atoms with E-state index in [1.807, 2.05) is 0 Å². The molecule has 1 fully saturated rings. The van der Waals surface area contributed by atoms with E-state index >= 15 is 0 Å². The molecule has 5 heteroatoms. The molecule has 104 valence electrons. The topological polar surface area (TPSA) is 62.2 Å². The number of rotatable bonds is 3. The second-order valence-corrected chi connectivity index (χ2v) is 6.29. The highest BCUT2D eigenvalue weighted by molar-refractivity contribution is 9.10. The molecule has 2 rings (SSSR count). The number of aromatic carboxylic acids is 1. The Hall–Kier alpha value is -1.10. The van der Waals surface area contributed by atoms with Gasteiger partial charge in [0, 0.05) is 16.7 Å². The first kappa shape index (κ1) is 14.3. The van der Waals surface area contributed by atoms with Gasteiger partial charge in [0.05, 0.1) is 0 Å². The minimum absolute atomic E-state index is 0.222. The minimum Gasteiger partial charge on any atom is -0.478 e. The Kier molecular flexibility index (Phi) is 4.45. The van der Waals surface area contributed by atoms with Gasteiger partial charge in [0.15, 0.2) is 0 Å². The van der Waals surface area contributed by atoms with Gasteiger partial charge < -0.3 is 10.4 Å². The molecule has 0 amide bonds. The number of nitrogens with zero attached hydrogens (tertiary/aromatic N) is 1. The van der Waals surface area contributed by atoms with Crippen LogP contribution >= 0.6 is 15.9 Å². The van der Waals surface area contributed by atoms with Crippen molar-refractivity contribution in [2.24, 2.45) is 11.8 Å². The molecule has 0 aromatic carbocycles. The smallest absolute Gasteiger partial charge is 0.339 e. The number of carboxylic acids is 1. The van der Waals surface area contributed by atoms with Gasteiger partial charge in [-0.1, -0.05) is 26.7 Å². The van der Waals surface area contributed by atoms with Crippen LogP contribution < -0.4 is 5.32 Å². The standard InChI is InChI=1S/C14H19BrN2O2/c1-8-4-3-5-12(9(8)2)17-13-11(14(18)19)6-10(15)7-16-13/h6-9,12H,3-5H2,1-2H3,(H,16,17)(H,18,19). The summed E-state index contributed by atoms with van der Waals surface area (Å²) < 4.78 is 0.681. The van der Waals surface area contributed by atoms with Crippen molar-refractivity contribution in [2.75, 3.05) is 5.32 Å². The van der Waals surface area contributed by atoms with Crippen molar-refractivity contribution >= 4 is 27.7 Å². The molecule has 0 spiro atoms. The molecule has 0 bridgehead atoms. The molecule has 4 nitrogen and oxygen atoms in total. The van der Waals surface area contributed by atoms with E-state index in [0.29, 0.717) is 28.2 Å². The van der Waals surface area contributed by atoms with E-state index in [1.54, 1.807) is 12.3 Å². The molecule has 3 atom stereocenters. The minimum atomic E-state index is -0.951. The van der Waals surface area contributed by atoms with Crippen LogP contribution in [0.25, 0.3) is 0 Å². The van der Waals surface area contributed by atoms with Crippen LogP contribution in [0.2, 0.25) is 0 Å². The molecule has 1 aromatic rings. The highest BCUT2D eigenvalue weighted by Crippen LogP contribution is 2.32. The fourth-order valence-corrected chi connectivity index (χ4v) is 3.01. The summed E-state index contributed by atoms with van der Waals surface area (Å²) in [5.41, 5.74) is 0.222. The normalized spacial score (nSPS) is 27.0. The van der Waals surface area contributed by atoms with Crippen LogP contribution in [0.4, 0.5) is 5.82 Å². The van der Waals surface area contributed by atoms with E-state index in [4.69, 9.17) is 0 Å². The van der Waals surface area contributed by atoms with Crippen molar-refractivity contribution in [1.82, 2.24) is 4.98 Å². The van der Waals surface area contributed by atoms with E-state index < -0.39 is 5.97 Å². The fraction of sp³-hybridized carbons (Fsp3) is 0.571. The van der Waals surface area contributed by atoms with Crippen molar-refractivity contribution in [3.8, 4) is 0 Å². The lowest BCUT2D eigenvalue weighted by atomic mass is 9.78. The quantitative estimate of drug-likeness (QED) is 0.887. The van der Waals surface area contributed by atoms with Crippen LogP contribution in [0.15, 0.2) is 16.7 Å². The first-order valence-electron chi connectivity index (χ1n) is 6.64. The maximum Gasteiger partial charge on any atom is 0.339 e. The number of anilines is 1.